The first-order valence-corrected chi connectivity index (χ1v) is 8.34. The number of rotatable bonds is 7. The maximum Gasteiger partial charge on any atom is 0.243 e. The Hall–Kier alpha value is -3.22. The molecule has 0 heterocycles. The van der Waals surface area contributed by atoms with Crippen LogP contribution in [0, 0.1) is 0 Å². The van der Waals surface area contributed by atoms with E-state index in [-0.39, 0.29) is 18.2 Å². The van der Waals surface area contributed by atoms with Crippen molar-refractivity contribution in [3.63, 3.8) is 0 Å². The molecule has 7 nitrogen and oxygen atoms in total. The maximum atomic E-state index is 12.0. The quantitative estimate of drug-likeness (QED) is 0.346. The van der Waals surface area contributed by atoms with Crippen molar-refractivity contribution in [2.45, 2.75) is 13.5 Å². The predicted octanol–water partition coefficient (Wildman–Crippen LogP) is 2.09. The highest BCUT2D eigenvalue weighted by Crippen LogP contribution is 2.14. The molecule has 4 N–H and O–H groups in total. The zero-order valence-corrected chi connectivity index (χ0v) is 15.0. The van der Waals surface area contributed by atoms with Crippen LogP contribution >= 0.6 is 0 Å². The van der Waals surface area contributed by atoms with Gasteiger partial charge in [-0.3, -0.25) is 4.79 Å². The normalized spacial score (nSPS) is 10.9. The van der Waals surface area contributed by atoms with Crippen LogP contribution in [0.2, 0.25) is 0 Å². The van der Waals surface area contributed by atoms with Crippen LogP contribution in [0.5, 0.6) is 11.5 Å². The molecular formula is C19H24N4O3. The number of ether oxygens (including phenoxy) is 1. The number of methoxy groups -OCH3 is 1. The predicted molar refractivity (Wildman–Crippen MR) is 103 cm³/mol. The monoisotopic (exact) mass is 356 g/mol. The van der Waals surface area contributed by atoms with E-state index in [1.165, 1.54) is 12.1 Å². The first-order valence-electron chi connectivity index (χ1n) is 8.34. The molecule has 0 aromatic heterocycles. The van der Waals surface area contributed by atoms with E-state index in [0.29, 0.717) is 24.7 Å². The Morgan fingerprint density at radius 1 is 1.15 bits per heavy atom. The van der Waals surface area contributed by atoms with Crippen LogP contribution in [0.1, 0.15) is 12.5 Å². The van der Waals surface area contributed by atoms with Gasteiger partial charge in [0.1, 0.15) is 11.5 Å². The smallest absolute Gasteiger partial charge is 0.243 e. The highest BCUT2D eigenvalue weighted by Gasteiger charge is 2.05. The van der Waals surface area contributed by atoms with Crippen LogP contribution < -0.4 is 20.7 Å². The van der Waals surface area contributed by atoms with Gasteiger partial charge < -0.3 is 25.8 Å². The summed E-state index contributed by atoms with van der Waals surface area (Å²) in [5.74, 6) is 1.28. The standard InChI is InChI=1S/C19H24N4O3/c1-3-20-19(21-12-14-5-4-6-17(11-14)26-2)22-13-18(25)23-15-7-9-16(24)10-8-15/h4-11,24H,3,12-13H2,1-2H3,(H,23,25)(H2,20,21,22). The zero-order chi connectivity index (χ0) is 18.8. The molecule has 7 heteroatoms. The molecule has 0 aliphatic carbocycles. The maximum absolute atomic E-state index is 12.0. The first-order chi connectivity index (χ1) is 12.6. The van der Waals surface area contributed by atoms with E-state index in [1.54, 1.807) is 19.2 Å². The number of benzene rings is 2. The number of phenols is 1. The van der Waals surface area contributed by atoms with Gasteiger partial charge in [0.2, 0.25) is 5.91 Å². The van der Waals surface area contributed by atoms with E-state index >= 15 is 0 Å². The molecule has 0 aliphatic rings. The third kappa shape index (κ3) is 6.35. The summed E-state index contributed by atoms with van der Waals surface area (Å²) in [5, 5.41) is 18.1. The van der Waals surface area contributed by atoms with Crippen molar-refractivity contribution in [3.8, 4) is 11.5 Å². The minimum Gasteiger partial charge on any atom is -0.508 e. The SMILES string of the molecule is CCNC(=NCc1cccc(OC)c1)NCC(=O)Nc1ccc(O)cc1. The number of hydrogen-bond donors (Lipinski definition) is 4. The first kappa shape index (κ1) is 19.1. The fraction of sp³-hybridized carbons (Fsp3) is 0.263. The van der Waals surface area contributed by atoms with Crippen molar-refractivity contribution in [2.24, 2.45) is 4.99 Å². The van der Waals surface area contributed by atoms with Crippen molar-refractivity contribution >= 4 is 17.6 Å². The van der Waals surface area contributed by atoms with E-state index in [0.717, 1.165) is 11.3 Å². The number of guanidine groups is 1. The molecule has 2 aromatic rings. The van der Waals surface area contributed by atoms with Gasteiger partial charge >= 0.3 is 0 Å². The van der Waals surface area contributed by atoms with Gasteiger partial charge in [-0.2, -0.15) is 0 Å². The van der Waals surface area contributed by atoms with Gasteiger partial charge in [0.05, 0.1) is 20.2 Å². The van der Waals surface area contributed by atoms with Gasteiger partial charge in [-0.1, -0.05) is 12.1 Å². The molecule has 0 radical (unpaired) electrons. The molecule has 0 bridgehead atoms. The van der Waals surface area contributed by atoms with Crippen molar-refractivity contribution < 1.29 is 14.6 Å². The fourth-order valence-electron chi connectivity index (χ4n) is 2.20. The average molecular weight is 356 g/mol. The number of hydrogen-bond acceptors (Lipinski definition) is 4. The number of anilines is 1. The lowest BCUT2D eigenvalue weighted by molar-refractivity contribution is -0.115. The van der Waals surface area contributed by atoms with Gasteiger partial charge in [-0.05, 0) is 48.9 Å². The molecule has 0 spiro atoms. The van der Waals surface area contributed by atoms with Gasteiger partial charge in [0.15, 0.2) is 5.96 Å². The topological polar surface area (TPSA) is 95.0 Å². The molecule has 2 aromatic carbocycles. The van der Waals surface area contributed by atoms with Crippen molar-refractivity contribution in [1.29, 1.82) is 0 Å². The number of carbonyl (C=O) groups excluding carboxylic acids is 1. The Bertz CT molecular complexity index is 745. The summed E-state index contributed by atoms with van der Waals surface area (Å²) in [4.78, 5) is 16.5. The molecule has 0 unspecified atom stereocenters. The molecule has 26 heavy (non-hydrogen) atoms. The Kier molecular flexibility index (Phi) is 7.30. The third-order valence-corrected chi connectivity index (χ3v) is 3.47. The molecule has 138 valence electrons. The number of amides is 1. The summed E-state index contributed by atoms with van der Waals surface area (Å²) in [7, 11) is 1.63. The molecule has 0 atom stereocenters. The van der Waals surface area contributed by atoms with Crippen LogP contribution in [-0.2, 0) is 11.3 Å². The molecule has 0 fully saturated rings. The average Bonchev–Trinajstić information content (AvgIpc) is 2.66. The number of aliphatic imine (C=N–C) groups is 1. The van der Waals surface area contributed by atoms with Crippen LogP contribution in [0.3, 0.4) is 0 Å². The third-order valence-electron chi connectivity index (χ3n) is 3.47. The molecule has 0 saturated carbocycles. The Labute approximate surface area is 153 Å². The summed E-state index contributed by atoms with van der Waals surface area (Å²) in [6.45, 7) is 3.18. The van der Waals surface area contributed by atoms with Gasteiger partial charge in [-0.15, -0.1) is 0 Å². The van der Waals surface area contributed by atoms with E-state index in [2.05, 4.69) is 20.9 Å². The van der Waals surface area contributed by atoms with Crippen molar-refractivity contribution in [3.05, 3.63) is 54.1 Å². The summed E-state index contributed by atoms with van der Waals surface area (Å²) in [5.41, 5.74) is 1.63. The summed E-state index contributed by atoms with van der Waals surface area (Å²) in [6, 6.07) is 14.0. The second-order valence-corrected chi connectivity index (χ2v) is 5.50. The van der Waals surface area contributed by atoms with E-state index < -0.39 is 0 Å². The number of nitrogens with one attached hydrogen (secondary N) is 3. The van der Waals surface area contributed by atoms with Gasteiger partial charge in [0.25, 0.3) is 0 Å². The largest absolute Gasteiger partial charge is 0.508 e. The van der Waals surface area contributed by atoms with E-state index in [1.807, 2.05) is 31.2 Å². The Morgan fingerprint density at radius 2 is 1.92 bits per heavy atom. The van der Waals surface area contributed by atoms with Gasteiger partial charge in [-0.25, -0.2) is 4.99 Å². The number of nitrogens with zero attached hydrogens (tertiary/aromatic N) is 1. The minimum absolute atomic E-state index is 0.0742. The van der Waals surface area contributed by atoms with Crippen LogP contribution in [-0.4, -0.2) is 37.2 Å². The molecule has 0 aliphatic heterocycles. The number of carbonyl (C=O) groups is 1. The lowest BCUT2D eigenvalue weighted by Gasteiger charge is -2.12. The summed E-state index contributed by atoms with van der Waals surface area (Å²) < 4.78 is 5.20. The Morgan fingerprint density at radius 3 is 2.62 bits per heavy atom. The lowest BCUT2D eigenvalue weighted by Crippen LogP contribution is -2.41. The second-order valence-electron chi connectivity index (χ2n) is 5.50. The van der Waals surface area contributed by atoms with Gasteiger partial charge in [0, 0.05) is 12.2 Å². The van der Waals surface area contributed by atoms with Crippen LogP contribution in [0.25, 0.3) is 0 Å². The molecule has 1 amide bonds. The second kappa shape index (κ2) is 9.93. The van der Waals surface area contributed by atoms with E-state index in [4.69, 9.17) is 4.74 Å². The van der Waals surface area contributed by atoms with E-state index in [9.17, 15) is 9.90 Å². The van der Waals surface area contributed by atoms with Crippen molar-refractivity contribution in [1.82, 2.24) is 10.6 Å². The highest BCUT2D eigenvalue weighted by molar-refractivity contribution is 5.95. The highest BCUT2D eigenvalue weighted by atomic mass is 16.5. The zero-order valence-electron chi connectivity index (χ0n) is 15.0. The molecule has 0 saturated heterocycles. The summed E-state index contributed by atoms with van der Waals surface area (Å²) >= 11 is 0. The lowest BCUT2D eigenvalue weighted by atomic mass is 10.2. The number of aromatic hydroxyl groups is 1. The fourth-order valence-corrected chi connectivity index (χ4v) is 2.20. The van der Waals surface area contributed by atoms with Crippen LogP contribution in [0.4, 0.5) is 5.69 Å². The van der Waals surface area contributed by atoms with Crippen LogP contribution in [0.15, 0.2) is 53.5 Å². The molecule has 2 rings (SSSR count). The number of phenolic OH excluding ortho intramolecular Hbond substituents is 1. The van der Waals surface area contributed by atoms with Crippen molar-refractivity contribution in [2.75, 3.05) is 25.5 Å². The summed E-state index contributed by atoms with van der Waals surface area (Å²) in [6.07, 6.45) is 0. The minimum atomic E-state index is -0.206. The Balaban J connectivity index is 1.89. The molecular weight excluding hydrogens is 332 g/mol.